The highest BCUT2D eigenvalue weighted by Gasteiger charge is 2.42. The fraction of sp³-hybridized carbons (Fsp3) is 0.588. The molecule has 3 rings (SSSR count). The molecule has 1 atom stereocenters. The van der Waals surface area contributed by atoms with Crippen molar-refractivity contribution in [2.75, 3.05) is 6.54 Å². The van der Waals surface area contributed by atoms with E-state index in [1.807, 2.05) is 12.1 Å². The van der Waals surface area contributed by atoms with Crippen LogP contribution in [0.15, 0.2) is 28.7 Å². The van der Waals surface area contributed by atoms with Crippen molar-refractivity contribution in [1.82, 2.24) is 5.32 Å². The minimum absolute atomic E-state index is 0. The van der Waals surface area contributed by atoms with E-state index in [-0.39, 0.29) is 29.8 Å². The van der Waals surface area contributed by atoms with Gasteiger partial charge in [0.15, 0.2) is 0 Å². The highest BCUT2D eigenvalue weighted by molar-refractivity contribution is 9.10. The third-order valence-electron chi connectivity index (χ3n) is 5.01. The van der Waals surface area contributed by atoms with Gasteiger partial charge in [0.05, 0.1) is 5.41 Å². The molecule has 1 amide bonds. The predicted octanol–water partition coefficient (Wildman–Crippen LogP) is 3.54. The van der Waals surface area contributed by atoms with Gasteiger partial charge >= 0.3 is 0 Å². The van der Waals surface area contributed by atoms with E-state index in [0.29, 0.717) is 12.5 Å². The van der Waals surface area contributed by atoms with Crippen LogP contribution in [0.5, 0.6) is 0 Å². The highest BCUT2D eigenvalue weighted by Crippen LogP contribution is 2.41. The van der Waals surface area contributed by atoms with E-state index in [2.05, 4.69) is 33.4 Å². The smallest absolute Gasteiger partial charge is 0.230 e. The lowest BCUT2D eigenvalue weighted by Gasteiger charge is -2.29. The Kier molecular flexibility index (Phi) is 5.92. The number of rotatable bonds is 5. The predicted molar refractivity (Wildman–Crippen MR) is 95.2 cm³/mol. The van der Waals surface area contributed by atoms with Gasteiger partial charge in [-0.25, -0.2) is 0 Å². The zero-order valence-corrected chi connectivity index (χ0v) is 15.1. The normalized spacial score (nSPS) is 21.0. The molecule has 0 aliphatic heterocycles. The van der Waals surface area contributed by atoms with Crippen molar-refractivity contribution in [1.29, 1.82) is 0 Å². The van der Waals surface area contributed by atoms with Crippen molar-refractivity contribution in [3.63, 3.8) is 0 Å². The molecule has 2 aliphatic carbocycles. The molecule has 1 aromatic carbocycles. The van der Waals surface area contributed by atoms with Gasteiger partial charge in [0.25, 0.3) is 0 Å². The summed E-state index contributed by atoms with van der Waals surface area (Å²) in [5, 5.41) is 3.12. The minimum Gasteiger partial charge on any atom is -0.354 e. The number of carbonyl (C=O) groups excluding carboxylic acids is 1. The zero-order valence-electron chi connectivity index (χ0n) is 12.7. The average molecular weight is 388 g/mol. The average Bonchev–Trinajstić information content (AvgIpc) is 3.23. The van der Waals surface area contributed by atoms with Gasteiger partial charge in [0.2, 0.25) is 5.91 Å². The van der Waals surface area contributed by atoms with Crippen molar-refractivity contribution < 1.29 is 4.79 Å². The lowest BCUT2D eigenvalue weighted by Crippen LogP contribution is -2.47. The van der Waals surface area contributed by atoms with Gasteiger partial charge in [0.1, 0.15) is 0 Å². The van der Waals surface area contributed by atoms with E-state index in [4.69, 9.17) is 5.73 Å². The lowest BCUT2D eigenvalue weighted by molar-refractivity contribution is -0.126. The first-order valence-corrected chi connectivity index (χ1v) is 8.71. The lowest BCUT2D eigenvalue weighted by atomic mass is 9.78. The van der Waals surface area contributed by atoms with Gasteiger partial charge in [-0.2, -0.15) is 0 Å². The molecule has 3 nitrogen and oxygen atoms in total. The molecular formula is C17H24BrClN2O. The Balaban J connectivity index is 0.00000176. The molecule has 0 bridgehead atoms. The van der Waals surface area contributed by atoms with Crippen LogP contribution in [-0.2, 0) is 10.2 Å². The van der Waals surface area contributed by atoms with Crippen LogP contribution >= 0.6 is 28.3 Å². The molecule has 0 heterocycles. The number of nitrogens with two attached hydrogens (primary N) is 1. The molecule has 0 spiro atoms. The summed E-state index contributed by atoms with van der Waals surface area (Å²) >= 11 is 3.46. The maximum atomic E-state index is 12.8. The maximum Gasteiger partial charge on any atom is 0.230 e. The van der Waals surface area contributed by atoms with Gasteiger partial charge in [0, 0.05) is 17.1 Å². The van der Waals surface area contributed by atoms with Gasteiger partial charge in [-0.05, 0) is 49.3 Å². The first kappa shape index (κ1) is 17.8. The van der Waals surface area contributed by atoms with Crippen molar-refractivity contribution in [3.8, 4) is 0 Å². The van der Waals surface area contributed by atoms with Crippen LogP contribution in [0.25, 0.3) is 0 Å². The molecule has 5 heteroatoms. The van der Waals surface area contributed by atoms with E-state index < -0.39 is 0 Å². The topological polar surface area (TPSA) is 55.1 Å². The first-order valence-electron chi connectivity index (χ1n) is 7.92. The Morgan fingerprint density at radius 2 is 1.86 bits per heavy atom. The third-order valence-corrected chi connectivity index (χ3v) is 5.54. The minimum atomic E-state index is -0.343. The maximum absolute atomic E-state index is 12.8. The van der Waals surface area contributed by atoms with Crippen molar-refractivity contribution in [3.05, 3.63) is 34.3 Å². The van der Waals surface area contributed by atoms with Crippen LogP contribution in [0.3, 0.4) is 0 Å². The molecule has 0 radical (unpaired) electrons. The Morgan fingerprint density at radius 1 is 1.27 bits per heavy atom. The van der Waals surface area contributed by atoms with Crippen molar-refractivity contribution >= 4 is 34.2 Å². The molecule has 1 aromatic rings. The summed E-state index contributed by atoms with van der Waals surface area (Å²) in [7, 11) is 0. The van der Waals surface area contributed by atoms with Crippen LogP contribution in [-0.4, -0.2) is 18.5 Å². The summed E-state index contributed by atoms with van der Waals surface area (Å²) < 4.78 is 1.05. The van der Waals surface area contributed by atoms with Gasteiger partial charge < -0.3 is 11.1 Å². The number of nitrogens with one attached hydrogen (secondary N) is 1. The number of halogens is 2. The van der Waals surface area contributed by atoms with Crippen LogP contribution in [0.4, 0.5) is 0 Å². The molecule has 0 aromatic heterocycles. The summed E-state index contributed by atoms with van der Waals surface area (Å²) in [4.78, 5) is 12.8. The fourth-order valence-electron chi connectivity index (χ4n) is 3.47. The van der Waals surface area contributed by atoms with Crippen LogP contribution in [0.1, 0.15) is 44.1 Å². The van der Waals surface area contributed by atoms with Crippen LogP contribution in [0, 0.1) is 5.92 Å². The van der Waals surface area contributed by atoms with Crippen LogP contribution in [0.2, 0.25) is 0 Å². The Hall–Kier alpha value is -0.580. The molecule has 2 fully saturated rings. The quantitative estimate of drug-likeness (QED) is 0.812. The first-order chi connectivity index (χ1) is 10.1. The highest BCUT2D eigenvalue weighted by atomic mass is 79.9. The molecule has 2 saturated carbocycles. The number of amides is 1. The summed E-state index contributed by atoms with van der Waals surface area (Å²) in [6.07, 6.45) is 6.57. The zero-order chi connectivity index (χ0) is 14.9. The van der Waals surface area contributed by atoms with E-state index in [1.54, 1.807) is 0 Å². The van der Waals surface area contributed by atoms with E-state index in [0.717, 1.165) is 35.7 Å². The molecule has 3 N–H and O–H groups in total. The second-order valence-corrected chi connectivity index (χ2v) is 7.42. The monoisotopic (exact) mass is 386 g/mol. The molecule has 122 valence electrons. The van der Waals surface area contributed by atoms with Crippen molar-refractivity contribution in [2.45, 2.75) is 50.0 Å². The summed E-state index contributed by atoms with van der Waals surface area (Å²) in [5.41, 5.74) is 6.90. The number of carbonyl (C=O) groups is 1. The standard InChI is InChI=1S/C17H23BrN2O.ClH/c18-14-7-5-13(6-8-14)17(9-1-2-10-17)16(21)20-11-15(19)12-3-4-12;/h5-8,12,15H,1-4,9-11,19H2,(H,20,21);1H. The number of hydrogen-bond acceptors (Lipinski definition) is 2. The molecule has 1 unspecified atom stereocenters. The number of benzene rings is 1. The summed E-state index contributed by atoms with van der Waals surface area (Å²) in [5.74, 6) is 0.788. The van der Waals surface area contributed by atoms with Gasteiger partial charge in [-0.3, -0.25) is 4.79 Å². The SMILES string of the molecule is Cl.NC(CNC(=O)C1(c2ccc(Br)cc2)CCCC1)C1CC1. The van der Waals surface area contributed by atoms with Gasteiger partial charge in [-0.1, -0.05) is 40.9 Å². The number of hydrogen-bond donors (Lipinski definition) is 2. The largest absolute Gasteiger partial charge is 0.354 e. The Labute approximate surface area is 147 Å². The van der Waals surface area contributed by atoms with E-state index >= 15 is 0 Å². The molecule has 22 heavy (non-hydrogen) atoms. The second-order valence-electron chi connectivity index (χ2n) is 6.51. The Morgan fingerprint density at radius 3 is 2.41 bits per heavy atom. The van der Waals surface area contributed by atoms with E-state index in [1.165, 1.54) is 12.8 Å². The Bertz CT molecular complexity index is 510. The van der Waals surface area contributed by atoms with Crippen LogP contribution < -0.4 is 11.1 Å². The summed E-state index contributed by atoms with van der Waals surface area (Å²) in [6.45, 7) is 0.613. The van der Waals surface area contributed by atoms with Gasteiger partial charge in [-0.15, -0.1) is 12.4 Å². The summed E-state index contributed by atoms with van der Waals surface area (Å²) in [6, 6.07) is 8.33. The second kappa shape index (κ2) is 7.33. The van der Waals surface area contributed by atoms with E-state index in [9.17, 15) is 4.79 Å². The molecule has 0 saturated heterocycles. The molecular weight excluding hydrogens is 364 g/mol. The fourth-order valence-corrected chi connectivity index (χ4v) is 3.73. The third kappa shape index (κ3) is 3.66. The molecule has 2 aliphatic rings. The van der Waals surface area contributed by atoms with Crippen molar-refractivity contribution in [2.24, 2.45) is 11.7 Å².